The molecule has 2 aromatic rings. The van der Waals surface area contributed by atoms with Crippen molar-refractivity contribution in [2.75, 3.05) is 27.2 Å². The molecular weight excluding hydrogens is 484 g/mol. The third-order valence-electron chi connectivity index (χ3n) is 5.16. The first-order chi connectivity index (χ1) is 17.9. The number of aromatic nitrogens is 1. The molecular formula is C30H47F2N5O. The number of allylic oxidation sites excluding steroid dienone is 1. The molecule has 0 unspecified atom stereocenters. The third-order valence-corrected chi connectivity index (χ3v) is 5.16. The molecule has 0 atom stereocenters. The first-order valence-electron chi connectivity index (χ1n) is 12.9. The molecule has 0 aliphatic carbocycles. The topological polar surface area (TPSA) is 54.1 Å². The number of hydrogen-bond acceptors (Lipinski definition) is 5. The van der Waals surface area contributed by atoms with Crippen molar-refractivity contribution in [2.24, 2.45) is 23.1 Å². The highest BCUT2D eigenvalue weighted by Crippen LogP contribution is 2.33. The number of nitrogens with one attached hydrogen (secondary N) is 1. The summed E-state index contributed by atoms with van der Waals surface area (Å²) in [5.41, 5.74) is 3.87. The minimum atomic E-state index is -0.999. The Bertz CT molecular complexity index is 1120. The number of rotatable bonds is 9. The summed E-state index contributed by atoms with van der Waals surface area (Å²) in [6.07, 6.45) is 5.49. The van der Waals surface area contributed by atoms with E-state index >= 15 is 0 Å². The van der Waals surface area contributed by atoms with Gasteiger partial charge in [0, 0.05) is 56.0 Å². The number of nitrogens with zero attached hydrogens (tertiary/aromatic N) is 4. The lowest BCUT2D eigenvalue weighted by atomic mass is 10.1. The molecule has 6 nitrogen and oxygen atoms in total. The second-order valence-corrected chi connectivity index (χ2v) is 9.24. The molecule has 2 rings (SSSR count). The fourth-order valence-electron chi connectivity index (χ4n) is 2.91. The summed E-state index contributed by atoms with van der Waals surface area (Å²) in [4.78, 5) is 4.15. The van der Waals surface area contributed by atoms with Crippen LogP contribution in [0.25, 0.3) is 11.1 Å². The van der Waals surface area contributed by atoms with Gasteiger partial charge in [-0.1, -0.05) is 34.3 Å². The highest BCUT2D eigenvalue weighted by Gasteiger charge is 2.17. The van der Waals surface area contributed by atoms with Gasteiger partial charge in [0.25, 0.3) is 0 Å². The van der Waals surface area contributed by atoms with E-state index < -0.39 is 11.6 Å². The zero-order valence-corrected chi connectivity index (χ0v) is 24.9. The Hall–Kier alpha value is -3.26. The van der Waals surface area contributed by atoms with Crippen LogP contribution in [0, 0.1) is 17.6 Å². The zero-order valence-electron chi connectivity index (χ0n) is 24.9. The van der Waals surface area contributed by atoms with E-state index in [0.717, 1.165) is 29.8 Å². The van der Waals surface area contributed by atoms with Crippen LogP contribution in [-0.4, -0.2) is 43.0 Å². The number of ether oxygens (including phenoxy) is 1. The molecule has 1 aromatic carbocycles. The SMILES string of the molecule is C=CN=c1ccc(-c2ccc(F)c(F)c2OCC/C(C)=C(\C)N(C)/N=C/C)cn1C.CC(C)C.CCNC. The molecule has 0 fully saturated rings. The minimum absolute atomic E-state index is 0.103. The number of benzene rings is 1. The molecule has 1 heterocycles. The van der Waals surface area contributed by atoms with Gasteiger partial charge >= 0.3 is 0 Å². The highest BCUT2D eigenvalue weighted by atomic mass is 19.2. The second-order valence-electron chi connectivity index (χ2n) is 9.24. The van der Waals surface area contributed by atoms with Crippen molar-refractivity contribution in [3.05, 3.63) is 71.6 Å². The smallest absolute Gasteiger partial charge is 0.201 e. The second kappa shape index (κ2) is 18.9. The summed E-state index contributed by atoms with van der Waals surface area (Å²) in [5.74, 6) is -1.22. The van der Waals surface area contributed by atoms with Crippen molar-refractivity contribution in [1.29, 1.82) is 0 Å². The van der Waals surface area contributed by atoms with Crippen LogP contribution in [0.3, 0.4) is 0 Å². The van der Waals surface area contributed by atoms with Crippen LogP contribution in [0.15, 0.2) is 64.6 Å². The average Bonchev–Trinajstić information content (AvgIpc) is 2.87. The van der Waals surface area contributed by atoms with Gasteiger partial charge in [0.05, 0.1) is 6.61 Å². The van der Waals surface area contributed by atoms with Crippen LogP contribution in [-0.2, 0) is 7.05 Å². The predicted molar refractivity (Wildman–Crippen MR) is 157 cm³/mol. The summed E-state index contributed by atoms with van der Waals surface area (Å²) in [6.45, 7) is 19.2. The maximum atomic E-state index is 14.6. The van der Waals surface area contributed by atoms with Gasteiger partial charge in [-0.25, -0.2) is 9.38 Å². The summed E-state index contributed by atoms with van der Waals surface area (Å²) < 4.78 is 36.0. The first-order valence-corrected chi connectivity index (χ1v) is 12.9. The Kier molecular flexibility index (Phi) is 17.3. The van der Waals surface area contributed by atoms with Crippen LogP contribution in [0.4, 0.5) is 8.78 Å². The lowest BCUT2D eigenvalue weighted by Crippen LogP contribution is -2.16. The molecule has 8 heteroatoms. The fraction of sp³-hybridized carbons (Fsp3) is 0.467. The van der Waals surface area contributed by atoms with Gasteiger partial charge in [-0.05, 0) is 70.1 Å². The number of hydrazone groups is 1. The number of halogens is 2. The normalized spacial score (nSPS) is 11.9. The van der Waals surface area contributed by atoms with Crippen molar-refractivity contribution >= 4 is 6.21 Å². The van der Waals surface area contributed by atoms with Crippen LogP contribution >= 0.6 is 0 Å². The van der Waals surface area contributed by atoms with E-state index in [1.165, 1.54) is 12.3 Å². The monoisotopic (exact) mass is 531 g/mol. The molecule has 0 aliphatic rings. The van der Waals surface area contributed by atoms with Gasteiger partial charge < -0.3 is 14.6 Å². The van der Waals surface area contributed by atoms with Crippen molar-refractivity contribution in [3.63, 3.8) is 0 Å². The largest absolute Gasteiger partial charge is 0.489 e. The zero-order chi connectivity index (χ0) is 29.3. The number of hydrogen-bond donors (Lipinski definition) is 1. The van der Waals surface area contributed by atoms with Gasteiger partial charge in [-0.2, -0.15) is 9.49 Å². The number of pyridine rings is 1. The Labute approximate surface area is 228 Å². The molecule has 0 radical (unpaired) electrons. The molecule has 1 N–H and O–H groups in total. The van der Waals surface area contributed by atoms with Gasteiger partial charge in [0.1, 0.15) is 5.49 Å². The lowest BCUT2D eigenvalue weighted by Gasteiger charge is -2.18. The summed E-state index contributed by atoms with van der Waals surface area (Å²) in [5, 5.41) is 8.90. The minimum Gasteiger partial charge on any atom is -0.489 e. The van der Waals surface area contributed by atoms with Crippen LogP contribution in [0.2, 0.25) is 0 Å². The fourth-order valence-corrected chi connectivity index (χ4v) is 2.91. The van der Waals surface area contributed by atoms with E-state index in [-0.39, 0.29) is 12.4 Å². The van der Waals surface area contributed by atoms with E-state index in [1.807, 2.05) is 41.9 Å². The average molecular weight is 532 g/mol. The van der Waals surface area contributed by atoms with Crippen molar-refractivity contribution in [1.82, 2.24) is 14.9 Å². The predicted octanol–water partition coefficient (Wildman–Crippen LogP) is 6.90. The van der Waals surface area contributed by atoms with Gasteiger partial charge in [-0.3, -0.25) is 5.01 Å². The van der Waals surface area contributed by atoms with Crippen LogP contribution in [0.5, 0.6) is 5.75 Å². The summed E-state index contributed by atoms with van der Waals surface area (Å²) >= 11 is 0. The van der Waals surface area contributed by atoms with Crippen LogP contribution in [0.1, 0.15) is 54.9 Å². The number of aryl methyl sites for hydroxylation is 1. The molecule has 0 saturated heterocycles. The maximum Gasteiger partial charge on any atom is 0.201 e. The van der Waals surface area contributed by atoms with E-state index in [0.29, 0.717) is 23.0 Å². The summed E-state index contributed by atoms with van der Waals surface area (Å²) in [7, 11) is 5.60. The van der Waals surface area contributed by atoms with E-state index in [4.69, 9.17) is 4.74 Å². The highest BCUT2D eigenvalue weighted by molar-refractivity contribution is 5.70. The van der Waals surface area contributed by atoms with E-state index in [1.54, 1.807) is 34.1 Å². The molecule has 0 aliphatic heterocycles. The van der Waals surface area contributed by atoms with Gasteiger partial charge in [-0.15, -0.1) is 0 Å². The van der Waals surface area contributed by atoms with Crippen LogP contribution < -0.4 is 15.5 Å². The third kappa shape index (κ3) is 12.3. The first kappa shape index (κ1) is 34.7. The standard InChI is InChI=1S/C23H28F2N4O.C4H10.C3H9N/c1-7-26-21-12-9-18(15-28(21)5)19-10-11-20(24)22(25)23(19)30-14-13-16(3)17(4)29(6)27-8-2;1-4(2)3;1-3-4-2/h7-12,15H,1,13-14H2,2-6H3;4H,1-3H3;4H,3H2,1-2H3/b17-16+,26-21?,27-8+;;. The Morgan fingerprint density at radius 2 is 1.79 bits per heavy atom. The Morgan fingerprint density at radius 1 is 1.18 bits per heavy atom. The van der Waals surface area contributed by atoms with Crippen molar-refractivity contribution < 1.29 is 13.5 Å². The van der Waals surface area contributed by atoms with Crippen molar-refractivity contribution in [2.45, 2.75) is 54.9 Å². The summed E-state index contributed by atoms with van der Waals surface area (Å²) in [6, 6.07) is 6.19. The van der Waals surface area contributed by atoms with E-state index in [2.05, 4.69) is 49.7 Å². The molecule has 38 heavy (non-hydrogen) atoms. The van der Waals surface area contributed by atoms with Gasteiger partial charge in [0.15, 0.2) is 11.6 Å². The van der Waals surface area contributed by atoms with Crippen molar-refractivity contribution in [3.8, 4) is 16.9 Å². The Morgan fingerprint density at radius 3 is 2.29 bits per heavy atom. The molecule has 1 aromatic heterocycles. The van der Waals surface area contributed by atoms with E-state index in [9.17, 15) is 8.78 Å². The molecule has 0 bridgehead atoms. The molecule has 0 saturated carbocycles. The van der Waals surface area contributed by atoms with Gasteiger partial charge in [0.2, 0.25) is 5.82 Å². The lowest BCUT2D eigenvalue weighted by molar-refractivity contribution is 0.298. The molecule has 212 valence electrons. The Balaban J connectivity index is 0.00000150. The molecule has 0 spiro atoms. The quantitative estimate of drug-likeness (QED) is 0.283. The maximum absolute atomic E-state index is 14.6. The molecule has 0 amide bonds.